The van der Waals surface area contributed by atoms with E-state index < -0.39 is 0 Å². The largest absolute Gasteiger partial charge is 0.497 e. The molecule has 2 heterocycles. The van der Waals surface area contributed by atoms with Crippen molar-refractivity contribution in [1.82, 2.24) is 9.55 Å². The molecule has 174 valence electrons. The van der Waals surface area contributed by atoms with Crippen LogP contribution in [0.25, 0.3) is 16.6 Å². The van der Waals surface area contributed by atoms with Gasteiger partial charge in [0.05, 0.1) is 57.0 Å². The Labute approximate surface area is 198 Å². The van der Waals surface area contributed by atoms with Gasteiger partial charge in [-0.15, -0.1) is 0 Å². The molecule has 0 aliphatic carbocycles. The lowest BCUT2D eigenvalue weighted by atomic mass is 10.2. The van der Waals surface area contributed by atoms with Crippen LogP contribution >= 0.6 is 0 Å². The van der Waals surface area contributed by atoms with E-state index in [0.717, 1.165) is 32.0 Å². The van der Waals surface area contributed by atoms with Crippen LogP contribution in [0.15, 0.2) is 77.6 Å². The molecule has 0 bridgehead atoms. The molecule has 1 aliphatic rings. The number of nitrogens with one attached hydrogen (secondary N) is 1. The minimum Gasteiger partial charge on any atom is -0.497 e. The fourth-order valence-electron chi connectivity index (χ4n) is 4.64. The van der Waals surface area contributed by atoms with Gasteiger partial charge in [0.2, 0.25) is 0 Å². The van der Waals surface area contributed by atoms with Gasteiger partial charge in [-0.25, -0.2) is 4.98 Å². The van der Waals surface area contributed by atoms with Crippen molar-refractivity contribution in [3.63, 3.8) is 0 Å². The number of aromatic nitrogens is 2. The Bertz CT molecular complexity index is 1350. The predicted octanol–water partition coefficient (Wildman–Crippen LogP) is 2.31. The Morgan fingerprint density at radius 2 is 1.65 bits per heavy atom. The Morgan fingerprint density at radius 3 is 2.38 bits per heavy atom. The number of piperazine rings is 1. The molecule has 7 nitrogen and oxygen atoms in total. The number of rotatable bonds is 6. The van der Waals surface area contributed by atoms with Crippen LogP contribution < -0.4 is 24.8 Å². The van der Waals surface area contributed by atoms with Gasteiger partial charge >= 0.3 is 0 Å². The van der Waals surface area contributed by atoms with Crippen molar-refractivity contribution < 1.29 is 14.4 Å². The van der Waals surface area contributed by atoms with Crippen LogP contribution in [0.3, 0.4) is 0 Å². The van der Waals surface area contributed by atoms with Crippen LogP contribution in [0, 0.1) is 0 Å². The topological polar surface area (TPSA) is 61.0 Å². The van der Waals surface area contributed by atoms with Crippen molar-refractivity contribution in [3.05, 3.63) is 89.0 Å². The molecule has 7 heteroatoms. The molecule has 0 radical (unpaired) electrons. The molecule has 0 saturated carbocycles. The molecule has 1 aliphatic heterocycles. The lowest BCUT2D eigenvalue weighted by Gasteiger charge is -2.33. The van der Waals surface area contributed by atoms with Gasteiger partial charge in [-0.3, -0.25) is 9.36 Å². The van der Waals surface area contributed by atoms with Gasteiger partial charge in [0.1, 0.15) is 18.0 Å². The second-order valence-corrected chi connectivity index (χ2v) is 8.47. The second-order valence-electron chi connectivity index (χ2n) is 8.47. The van der Waals surface area contributed by atoms with Crippen molar-refractivity contribution in [2.24, 2.45) is 0 Å². The van der Waals surface area contributed by atoms with Gasteiger partial charge in [0.15, 0.2) is 5.82 Å². The molecule has 4 aromatic rings. The number of hydrogen-bond acceptors (Lipinski definition) is 5. The van der Waals surface area contributed by atoms with E-state index >= 15 is 0 Å². The van der Waals surface area contributed by atoms with E-state index in [1.54, 1.807) is 18.8 Å². The Kier molecular flexibility index (Phi) is 6.18. The summed E-state index contributed by atoms with van der Waals surface area (Å²) in [5.74, 6) is 1.98. The maximum atomic E-state index is 13.7. The van der Waals surface area contributed by atoms with Gasteiger partial charge in [-0.05, 0) is 36.4 Å². The highest BCUT2D eigenvalue weighted by molar-refractivity contribution is 5.78. The van der Waals surface area contributed by atoms with Gasteiger partial charge < -0.3 is 19.3 Å². The number of hydrogen-bond donors (Lipinski definition) is 1. The molecule has 34 heavy (non-hydrogen) atoms. The zero-order valence-electron chi connectivity index (χ0n) is 19.5. The summed E-state index contributed by atoms with van der Waals surface area (Å²) in [4.78, 5) is 22.5. The fraction of sp³-hybridized carbons (Fsp3) is 0.259. The Hall–Kier alpha value is -3.84. The molecule has 0 amide bonds. The summed E-state index contributed by atoms with van der Waals surface area (Å²) < 4.78 is 12.8. The lowest BCUT2D eigenvalue weighted by molar-refractivity contribution is -0.915. The van der Waals surface area contributed by atoms with Crippen LogP contribution in [0.4, 0.5) is 5.69 Å². The second kappa shape index (κ2) is 9.57. The maximum absolute atomic E-state index is 13.7. The molecule has 0 atom stereocenters. The number of methoxy groups -OCH3 is 2. The van der Waals surface area contributed by atoms with Crippen molar-refractivity contribution in [2.45, 2.75) is 6.54 Å². The number of fused-ring (bicyclic) bond motifs is 1. The SMILES string of the molecule is COc1ccc(OC)c(-n2c(C[NH+]3CCN(c4ccccc4)CC3)nc3ccccc3c2=O)c1. The summed E-state index contributed by atoms with van der Waals surface area (Å²) in [7, 11) is 3.23. The van der Waals surface area contributed by atoms with E-state index in [0.29, 0.717) is 34.6 Å². The lowest BCUT2D eigenvalue weighted by Crippen LogP contribution is -3.13. The molecule has 5 rings (SSSR count). The third-order valence-electron chi connectivity index (χ3n) is 6.47. The monoisotopic (exact) mass is 457 g/mol. The summed E-state index contributed by atoms with van der Waals surface area (Å²) in [6.07, 6.45) is 0. The molecular weight excluding hydrogens is 428 g/mol. The average molecular weight is 458 g/mol. The summed E-state index contributed by atoms with van der Waals surface area (Å²) in [6, 6.07) is 23.5. The van der Waals surface area contributed by atoms with Crippen LogP contribution in [-0.4, -0.2) is 49.9 Å². The van der Waals surface area contributed by atoms with Crippen LogP contribution in [-0.2, 0) is 6.54 Å². The Morgan fingerprint density at radius 1 is 0.912 bits per heavy atom. The highest BCUT2D eigenvalue weighted by atomic mass is 16.5. The first-order valence-electron chi connectivity index (χ1n) is 11.5. The zero-order chi connectivity index (χ0) is 23.5. The molecule has 0 spiro atoms. The smallest absolute Gasteiger partial charge is 0.266 e. The molecule has 3 aromatic carbocycles. The molecule has 1 fully saturated rings. The van der Waals surface area contributed by atoms with E-state index in [1.807, 2.05) is 48.5 Å². The number of quaternary nitrogens is 1. The fourth-order valence-corrected chi connectivity index (χ4v) is 4.64. The van der Waals surface area contributed by atoms with Crippen molar-refractivity contribution >= 4 is 16.6 Å². The third-order valence-corrected chi connectivity index (χ3v) is 6.47. The highest BCUT2D eigenvalue weighted by Crippen LogP contribution is 2.28. The van der Waals surface area contributed by atoms with Gasteiger partial charge in [-0.1, -0.05) is 30.3 Å². The standard InChI is InChI=1S/C27H28N4O3/c1-33-21-12-13-25(34-2)24(18-21)31-26(28-23-11-7-6-10-22(23)27(31)32)19-29-14-16-30(17-15-29)20-8-4-3-5-9-20/h3-13,18H,14-17,19H2,1-2H3/p+1. The van der Waals surface area contributed by atoms with E-state index in [2.05, 4.69) is 29.2 Å². The first-order valence-corrected chi connectivity index (χ1v) is 11.5. The summed E-state index contributed by atoms with van der Waals surface area (Å²) in [6.45, 7) is 4.49. The van der Waals surface area contributed by atoms with E-state index in [1.165, 1.54) is 10.6 Å². The summed E-state index contributed by atoms with van der Waals surface area (Å²) in [5, 5.41) is 0.583. The normalized spacial score (nSPS) is 14.4. The first kappa shape index (κ1) is 22.0. The van der Waals surface area contributed by atoms with Crippen LogP contribution in [0.1, 0.15) is 5.82 Å². The zero-order valence-corrected chi connectivity index (χ0v) is 19.5. The van der Waals surface area contributed by atoms with Crippen LogP contribution in [0.2, 0.25) is 0 Å². The summed E-state index contributed by atoms with van der Waals surface area (Å²) in [5.41, 5.74) is 2.50. The van der Waals surface area contributed by atoms with Crippen molar-refractivity contribution in [2.75, 3.05) is 45.3 Å². The minimum atomic E-state index is -0.102. The highest BCUT2D eigenvalue weighted by Gasteiger charge is 2.24. The predicted molar refractivity (Wildman–Crippen MR) is 133 cm³/mol. The molecule has 1 N–H and O–H groups in total. The van der Waals surface area contributed by atoms with Crippen molar-refractivity contribution in [1.29, 1.82) is 0 Å². The summed E-state index contributed by atoms with van der Waals surface area (Å²) >= 11 is 0. The quantitative estimate of drug-likeness (QED) is 0.482. The number of para-hydroxylation sites is 2. The first-order chi connectivity index (χ1) is 16.7. The molecule has 1 aromatic heterocycles. The van der Waals surface area contributed by atoms with Gasteiger partial charge in [0.25, 0.3) is 5.56 Å². The number of ether oxygens (including phenoxy) is 2. The average Bonchev–Trinajstić information content (AvgIpc) is 2.89. The van der Waals surface area contributed by atoms with E-state index in [-0.39, 0.29) is 5.56 Å². The number of anilines is 1. The van der Waals surface area contributed by atoms with E-state index in [4.69, 9.17) is 14.5 Å². The molecule has 0 unspecified atom stereocenters. The maximum Gasteiger partial charge on any atom is 0.266 e. The van der Waals surface area contributed by atoms with Crippen molar-refractivity contribution in [3.8, 4) is 17.2 Å². The molecule has 1 saturated heterocycles. The minimum absolute atomic E-state index is 0.102. The van der Waals surface area contributed by atoms with Gasteiger partial charge in [-0.2, -0.15) is 0 Å². The number of benzene rings is 3. The number of nitrogens with zero attached hydrogens (tertiary/aromatic N) is 3. The van der Waals surface area contributed by atoms with Crippen LogP contribution in [0.5, 0.6) is 11.5 Å². The molecular formula is C27H29N4O3+. The van der Waals surface area contributed by atoms with Gasteiger partial charge in [0, 0.05) is 11.8 Å². The third kappa shape index (κ3) is 4.22. The Balaban J connectivity index is 1.52. The van der Waals surface area contributed by atoms with E-state index in [9.17, 15) is 4.79 Å².